The van der Waals surface area contributed by atoms with Crippen LogP contribution in [0.25, 0.3) is 0 Å². The fraction of sp³-hybridized carbons (Fsp3) is 0.625. The van der Waals surface area contributed by atoms with Crippen molar-refractivity contribution in [1.82, 2.24) is 0 Å². The predicted octanol–water partition coefficient (Wildman–Crippen LogP) is 1.72. The lowest BCUT2D eigenvalue weighted by molar-refractivity contribution is -0.116. The molecule has 10 heavy (non-hydrogen) atoms. The standard InChI is InChI=1S/C8H12OS/c1-3-4-5-6-8(9)7-10-2/h1H,4-7H2,2H3. The van der Waals surface area contributed by atoms with Gasteiger partial charge < -0.3 is 0 Å². The summed E-state index contributed by atoms with van der Waals surface area (Å²) in [4.78, 5) is 10.8. The highest BCUT2D eigenvalue weighted by molar-refractivity contribution is 7.99. The number of carbonyl (C=O) groups excluding carboxylic acids is 1. The average Bonchev–Trinajstić information content (AvgIpc) is 1.89. The van der Waals surface area contributed by atoms with E-state index in [4.69, 9.17) is 6.42 Å². The second-order valence-electron chi connectivity index (χ2n) is 2.03. The molecule has 0 unspecified atom stereocenters. The molecule has 0 radical (unpaired) electrons. The van der Waals surface area contributed by atoms with Gasteiger partial charge in [-0.1, -0.05) is 0 Å². The Bertz CT molecular complexity index is 135. The second kappa shape index (κ2) is 6.70. The predicted molar refractivity (Wildman–Crippen MR) is 46.1 cm³/mol. The van der Waals surface area contributed by atoms with Crippen LogP contribution in [0.1, 0.15) is 19.3 Å². The topological polar surface area (TPSA) is 17.1 Å². The monoisotopic (exact) mass is 156 g/mol. The molecule has 0 aliphatic carbocycles. The van der Waals surface area contributed by atoms with Crippen LogP contribution in [-0.2, 0) is 4.79 Å². The summed E-state index contributed by atoms with van der Waals surface area (Å²) >= 11 is 1.57. The normalized spacial score (nSPS) is 8.80. The summed E-state index contributed by atoms with van der Waals surface area (Å²) in [5, 5.41) is 0. The number of hydrogen-bond acceptors (Lipinski definition) is 2. The summed E-state index contributed by atoms with van der Waals surface area (Å²) in [6.45, 7) is 0. The van der Waals surface area contributed by atoms with Gasteiger partial charge in [-0.15, -0.1) is 12.3 Å². The molecule has 0 spiro atoms. The van der Waals surface area contributed by atoms with Crippen LogP contribution in [0.15, 0.2) is 0 Å². The van der Waals surface area contributed by atoms with Crippen molar-refractivity contribution in [3.63, 3.8) is 0 Å². The van der Waals surface area contributed by atoms with Crippen molar-refractivity contribution in [3.05, 3.63) is 0 Å². The van der Waals surface area contributed by atoms with Gasteiger partial charge in [0.25, 0.3) is 0 Å². The third-order valence-electron chi connectivity index (χ3n) is 1.08. The minimum atomic E-state index is 0.308. The van der Waals surface area contributed by atoms with Crippen LogP contribution >= 0.6 is 11.8 Å². The summed E-state index contributed by atoms with van der Waals surface area (Å²) in [6.07, 6.45) is 9.16. The highest BCUT2D eigenvalue weighted by atomic mass is 32.2. The van der Waals surface area contributed by atoms with Gasteiger partial charge in [0.15, 0.2) is 0 Å². The number of ketones is 1. The summed E-state index contributed by atoms with van der Waals surface area (Å²) < 4.78 is 0. The van der Waals surface area contributed by atoms with Crippen molar-refractivity contribution in [2.45, 2.75) is 19.3 Å². The largest absolute Gasteiger partial charge is 0.299 e. The Labute approximate surface area is 66.6 Å². The first-order chi connectivity index (χ1) is 4.81. The van der Waals surface area contributed by atoms with E-state index in [0.717, 1.165) is 12.8 Å². The van der Waals surface area contributed by atoms with E-state index in [-0.39, 0.29) is 0 Å². The van der Waals surface area contributed by atoms with Crippen LogP contribution in [0.2, 0.25) is 0 Å². The molecule has 0 saturated heterocycles. The van der Waals surface area contributed by atoms with Crippen molar-refractivity contribution in [3.8, 4) is 12.3 Å². The molecule has 0 aromatic rings. The van der Waals surface area contributed by atoms with Gasteiger partial charge in [0.2, 0.25) is 0 Å². The molecule has 2 heteroatoms. The molecular weight excluding hydrogens is 144 g/mol. The van der Waals surface area contributed by atoms with E-state index in [1.165, 1.54) is 0 Å². The number of thioether (sulfide) groups is 1. The Hall–Kier alpha value is -0.420. The highest BCUT2D eigenvalue weighted by Gasteiger charge is 1.97. The Morgan fingerprint density at radius 3 is 2.90 bits per heavy atom. The Morgan fingerprint density at radius 1 is 1.70 bits per heavy atom. The lowest BCUT2D eigenvalue weighted by Crippen LogP contribution is -1.99. The summed E-state index contributed by atoms with van der Waals surface area (Å²) in [5.74, 6) is 3.44. The van der Waals surface area contributed by atoms with Gasteiger partial charge >= 0.3 is 0 Å². The van der Waals surface area contributed by atoms with Crippen LogP contribution in [0, 0.1) is 12.3 Å². The zero-order valence-corrected chi connectivity index (χ0v) is 7.04. The molecule has 0 aliphatic heterocycles. The van der Waals surface area contributed by atoms with Crippen molar-refractivity contribution in [1.29, 1.82) is 0 Å². The smallest absolute Gasteiger partial charge is 0.142 e. The fourth-order valence-electron chi connectivity index (χ4n) is 0.621. The van der Waals surface area contributed by atoms with E-state index >= 15 is 0 Å². The first kappa shape index (κ1) is 9.58. The first-order valence-electron chi connectivity index (χ1n) is 3.25. The summed E-state index contributed by atoms with van der Waals surface area (Å²) in [6, 6.07) is 0. The van der Waals surface area contributed by atoms with E-state index in [9.17, 15) is 4.79 Å². The van der Waals surface area contributed by atoms with Gasteiger partial charge in [-0.25, -0.2) is 0 Å². The van der Waals surface area contributed by atoms with Gasteiger partial charge in [-0.2, -0.15) is 11.8 Å². The zero-order valence-electron chi connectivity index (χ0n) is 6.22. The maximum Gasteiger partial charge on any atom is 0.142 e. The molecule has 0 N–H and O–H groups in total. The van der Waals surface area contributed by atoms with Crippen LogP contribution in [0.4, 0.5) is 0 Å². The van der Waals surface area contributed by atoms with Crippen molar-refractivity contribution in [2.75, 3.05) is 12.0 Å². The van der Waals surface area contributed by atoms with E-state index < -0.39 is 0 Å². The number of hydrogen-bond donors (Lipinski definition) is 0. The van der Waals surface area contributed by atoms with Gasteiger partial charge in [0.1, 0.15) is 5.78 Å². The van der Waals surface area contributed by atoms with Gasteiger partial charge in [0, 0.05) is 12.8 Å². The lowest BCUT2D eigenvalue weighted by atomic mass is 10.2. The maximum atomic E-state index is 10.8. The molecule has 0 bridgehead atoms. The molecule has 0 heterocycles. The molecule has 0 saturated carbocycles. The lowest BCUT2D eigenvalue weighted by Gasteiger charge is -1.93. The molecule has 0 rings (SSSR count). The molecule has 0 aliphatic rings. The number of Topliss-reactive ketones (excluding diaryl/α,β-unsaturated/α-hetero) is 1. The van der Waals surface area contributed by atoms with Gasteiger partial charge in [-0.3, -0.25) is 4.79 Å². The number of terminal acetylenes is 1. The summed E-state index contributed by atoms with van der Waals surface area (Å²) in [7, 11) is 0. The average molecular weight is 156 g/mol. The van der Waals surface area contributed by atoms with Crippen molar-refractivity contribution in [2.24, 2.45) is 0 Å². The third-order valence-corrected chi connectivity index (χ3v) is 1.69. The van der Waals surface area contributed by atoms with E-state index in [2.05, 4.69) is 5.92 Å². The molecule has 0 aromatic heterocycles. The molecule has 0 aromatic carbocycles. The van der Waals surface area contributed by atoms with Crippen LogP contribution in [0.5, 0.6) is 0 Å². The first-order valence-corrected chi connectivity index (χ1v) is 4.64. The number of unbranched alkanes of at least 4 members (excludes halogenated alkanes) is 1. The minimum Gasteiger partial charge on any atom is -0.299 e. The van der Waals surface area contributed by atoms with Crippen LogP contribution in [-0.4, -0.2) is 17.8 Å². The molecule has 1 nitrogen and oxygen atoms in total. The Kier molecular flexibility index (Phi) is 6.42. The minimum absolute atomic E-state index is 0.308. The van der Waals surface area contributed by atoms with E-state index in [1.54, 1.807) is 11.8 Å². The van der Waals surface area contributed by atoms with Gasteiger partial charge in [-0.05, 0) is 12.7 Å². The van der Waals surface area contributed by atoms with E-state index in [1.807, 2.05) is 6.26 Å². The van der Waals surface area contributed by atoms with Gasteiger partial charge in [0.05, 0.1) is 5.75 Å². The molecule has 0 atom stereocenters. The third kappa shape index (κ3) is 5.71. The van der Waals surface area contributed by atoms with Crippen LogP contribution < -0.4 is 0 Å². The SMILES string of the molecule is C#CCCCC(=O)CSC. The number of carbonyl (C=O) groups is 1. The second-order valence-corrected chi connectivity index (χ2v) is 2.90. The Balaban J connectivity index is 3.15. The van der Waals surface area contributed by atoms with Crippen LogP contribution in [0.3, 0.4) is 0 Å². The molecule has 0 fully saturated rings. The Morgan fingerprint density at radius 2 is 2.40 bits per heavy atom. The zero-order chi connectivity index (χ0) is 7.82. The highest BCUT2D eigenvalue weighted by Crippen LogP contribution is 1.99. The molecule has 0 amide bonds. The maximum absolute atomic E-state index is 10.8. The molecule has 56 valence electrons. The van der Waals surface area contributed by atoms with Crippen molar-refractivity contribution < 1.29 is 4.79 Å². The fourth-order valence-corrected chi connectivity index (χ4v) is 1.09. The quantitative estimate of drug-likeness (QED) is 0.445. The number of rotatable bonds is 5. The molecular formula is C8H12OS. The van der Waals surface area contributed by atoms with E-state index in [0.29, 0.717) is 18.0 Å². The summed E-state index contributed by atoms with van der Waals surface area (Å²) in [5.41, 5.74) is 0. The van der Waals surface area contributed by atoms with Crippen molar-refractivity contribution >= 4 is 17.5 Å².